The lowest BCUT2D eigenvalue weighted by Gasteiger charge is -2.11. The molecule has 0 aliphatic heterocycles. The van der Waals surface area contributed by atoms with Crippen LogP contribution < -0.4 is 20.1 Å². The fraction of sp³-hybridized carbons (Fsp3) is 0.125. The van der Waals surface area contributed by atoms with Gasteiger partial charge in [-0.1, -0.05) is 17.7 Å². The Hall–Kier alpha value is -3.84. The molecule has 0 saturated heterocycles. The van der Waals surface area contributed by atoms with Crippen LogP contribution in [0.4, 0.5) is 11.4 Å². The fourth-order valence-electron chi connectivity index (χ4n) is 2.88. The molecule has 3 rings (SSSR count). The number of halogens is 1. The molecule has 1 heterocycles. The number of pyridine rings is 1. The van der Waals surface area contributed by atoms with Gasteiger partial charge in [-0.2, -0.15) is 0 Å². The van der Waals surface area contributed by atoms with E-state index in [1.165, 1.54) is 13.2 Å². The first kappa shape index (κ1) is 22.8. The Morgan fingerprint density at radius 2 is 1.84 bits per heavy atom. The van der Waals surface area contributed by atoms with Gasteiger partial charge in [-0.25, -0.2) is 0 Å². The van der Waals surface area contributed by atoms with Gasteiger partial charge in [-0.05, 0) is 61.0 Å². The predicted octanol–water partition coefficient (Wildman–Crippen LogP) is 5.05. The summed E-state index contributed by atoms with van der Waals surface area (Å²) in [6.07, 6.45) is 6.17. The normalized spacial score (nSPS) is 10.6. The third kappa shape index (κ3) is 6.09. The summed E-state index contributed by atoms with van der Waals surface area (Å²) in [5, 5.41) is 5.90. The number of ether oxygens (including phenoxy) is 2. The van der Waals surface area contributed by atoms with Crippen molar-refractivity contribution in [3.63, 3.8) is 0 Å². The average molecular weight is 452 g/mol. The second-order valence-electron chi connectivity index (χ2n) is 6.56. The molecule has 8 heteroatoms. The Morgan fingerprint density at radius 1 is 1.06 bits per heavy atom. The van der Waals surface area contributed by atoms with Gasteiger partial charge in [-0.15, -0.1) is 0 Å². The van der Waals surface area contributed by atoms with Crippen molar-refractivity contribution < 1.29 is 19.1 Å². The number of carbonyl (C=O) groups is 2. The van der Waals surface area contributed by atoms with E-state index in [0.29, 0.717) is 45.6 Å². The lowest BCUT2D eigenvalue weighted by Crippen LogP contribution is -2.13. The number of amides is 2. The number of benzene rings is 2. The standard InChI is InChI=1S/C24H22ClN3O4/c1-3-32-21-14-16(13-20(25)23(21)31-2)7-8-22(29)27-19-6-4-5-17(15-19)24(30)28-18-9-11-26-12-10-18/h4-15H,3H2,1-2H3,(H,27,29)(H,26,28,30)/b8-7+. The van der Waals surface area contributed by atoms with Crippen LogP contribution in [0.1, 0.15) is 22.8 Å². The second-order valence-corrected chi connectivity index (χ2v) is 6.97. The van der Waals surface area contributed by atoms with Crippen LogP contribution in [0.2, 0.25) is 5.02 Å². The maximum Gasteiger partial charge on any atom is 0.255 e. The lowest BCUT2D eigenvalue weighted by atomic mass is 10.1. The van der Waals surface area contributed by atoms with Gasteiger partial charge in [-0.3, -0.25) is 14.6 Å². The average Bonchev–Trinajstić information content (AvgIpc) is 2.79. The zero-order valence-corrected chi connectivity index (χ0v) is 18.3. The molecule has 0 atom stereocenters. The van der Waals surface area contributed by atoms with Crippen LogP contribution >= 0.6 is 11.6 Å². The molecule has 0 aliphatic carbocycles. The van der Waals surface area contributed by atoms with E-state index in [-0.39, 0.29) is 11.8 Å². The SMILES string of the molecule is CCOc1cc(/C=C/C(=O)Nc2cccc(C(=O)Nc3ccncc3)c2)cc(Cl)c1OC. The van der Waals surface area contributed by atoms with Gasteiger partial charge in [0.25, 0.3) is 5.91 Å². The summed E-state index contributed by atoms with van der Waals surface area (Å²) < 4.78 is 10.8. The number of hydrogen-bond acceptors (Lipinski definition) is 5. The number of nitrogens with zero attached hydrogens (tertiary/aromatic N) is 1. The topological polar surface area (TPSA) is 89.5 Å². The number of carbonyl (C=O) groups excluding carboxylic acids is 2. The van der Waals surface area contributed by atoms with Crippen LogP contribution in [0.3, 0.4) is 0 Å². The van der Waals surface area contributed by atoms with E-state index in [1.807, 2.05) is 6.92 Å². The predicted molar refractivity (Wildman–Crippen MR) is 125 cm³/mol. The minimum Gasteiger partial charge on any atom is -0.491 e. The highest BCUT2D eigenvalue weighted by Crippen LogP contribution is 2.36. The lowest BCUT2D eigenvalue weighted by molar-refractivity contribution is -0.111. The second kappa shape index (κ2) is 11.0. The van der Waals surface area contributed by atoms with Crippen molar-refractivity contribution in [1.29, 1.82) is 0 Å². The number of anilines is 2. The first-order chi connectivity index (χ1) is 15.5. The number of aromatic nitrogens is 1. The van der Waals surface area contributed by atoms with Crippen LogP contribution in [-0.4, -0.2) is 30.5 Å². The third-order valence-corrected chi connectivity index (χ3v) is 4.57. The Labute approximate surface area is 191 Å². The van der Waals surface area contributed by atoms with Crippen molar-refractivity contribution >= 4 is 40.9 Å². The highest BCUT2D eigenvalue weighted by atomic mass is 35.5. The molecule has 0 spiro atoms. The minimum absolute atomic E-state index is 0.292. The number of rotatable bonds is 8. The van der Waals surface area contributed by atoms with E-state index < -0.39 is 0 Å². The fourth-order valence-corrected chi connectivity index (χ4v) is 3.17. The molecule has 2 N–H and O–H groups in total. The molecule has 2 amide bonds. The van der Waals surface area contributed by atoms with E-state index >= 15 is 0 Å². The molecule has 7 nitrogen and oxygen atoms in total. The van der Waals surface area contributed by atoms with Crippen LogP contribution in [0.15, 0.2) is 67.0 Å². The molecule has 0 aliphatic rings. The molecule has 0 radical (unpaired) electrons. The molecular formula is C24H22ClN3O4. The summed E-state index contributed by atoms with van der Waals surface area (Å²) in [4.78, 5) is 28.7. The zero-order valence-electron chi connectivity index (χ0n) is 17.6. The van der Waals surface area contributed by atoms with Crippen molar-refractivity contribution in [3.05, 3.63) is 83.2 Å². The first-order valence-electron chi connectivity index (χ1n) is 9.81. The molecule has 0 unspecified atom stereocenters. The zero-order chi connectivity index (χ0) is 22.9. The summed E-state index contributed by atoms with van der Waals surface area (Å²) in [5.74, 6) is 0.285. The van der Waals surface area contributed by atoms with Gasteiger partial charge in [0.2, 0.25) is 5.91 Å². The van der Waals surface area contributed by atoms with Crippen LogP contribution in [0.5, 0.6) is 11.5 Å². The molecule has 2 aromatic carbocycles. The van der Waals surface area contributed by atoms with Crippen molar-refractivity contribution in [2.24, 2.45) is 0 Å². The minimum atomic E-state index is -0.360. The van der Waals surface area contributed by atoms with Gasteiger partial charge < -0.3 is 20.1 Å². The van der Waals surface area contributed by atoms with E-state index in [2.05, 4.69) is 15.6 Å². The molecule has 32 heavy (non-hydrogen) atoms. The maximum absolute atomic E-state index is 12.4. The Bertz CT molecular complexity index is 1130. The summed E-state index contributed by atoms with van der Waals surface area (Å²) in [6.45, 7) is 2.31. The number of hydrogen-bond donors (Lipinski definition) is 2. The van der Waals surface area contributed by atoms with Gasteiger partial charge >= 0.3 is 0 Å². The molecule has 0 saturated carbocycles. The monoisotopic (exact) mass is 451 g/mol. The maximum atomic E-state index is 12.4. The van der Waals surface area contributed by atoms with E-state index in [1.54, 1.807) is 67.0 Å². The number of nitrogens with one attached hydrogen (secondary N) is 2. The van der Waals surface area contributed by atoms with Gasteiger partial charge in [0, 0.05) is 35.4 Å². The molecule has 0 fully saturated rings. The van der Waals surface area contributed by atoms with E-state index in [9.17, 15) is 9.59 Å². The third-order valence-electron chi connectivity index (χ3n) is 4.29. The Morgan fingerprint density at radius 3 is 2.56 bits per heavy atom. The summed E-state index contributed by atoms with van der Waals surface area (Å²) in [7, 11) is 1.51. The molecule has 0 bridgehead atoms. The quantitative estimate of drug-likeness (QED) is 0.468. The van der Waals surface area contributed by atoms with Crippen LogP contribution in [-0.2, 0) is 4.79 Å². The molecule has 3 aromatic rings. The first-order valence-corrected chi connectivity index (χ1v) is 10.2. The summed E-state index contributed by atoms with van der Waals surface area (Å²) in [6, 6.07) is 13.5. The van der Waals surface area contributed by atoms with Crippen molar-refractivity contribution in [3.8, 4) is 11.5 Å². The van der Waals surface area contributed by atoms with Gasteiger partial charge in [0.1, 0.15) is 0 Å². The molecule has 1 aromatic heterocycles. The van der Waals surface area contributed by atoms with Crippen LogP contribution in [0.25, 0.3) is 6.08 Å². The van der Waals surface area contributed by atoms with Crippen molar-refractivity contribution in [2.75, 3.05) is 24.4 Å². The van der Waals surface area contributed by atoms with E-state index in [4.69, 9.17) is 21.1 Å². The molecular weight excluding hydrogens is 430 g/mol. The Balaban J connectivity index is 1.68. The highest BCUT2D eigenvalue weighted by Gasteiger charge is 2.11. The summed E-state index contributed by atoms with van der Waals surface area (Å²) in [5.41, 5.74) is 2.21. The number of methoxy groups -OCH3 is 1. The van der Waals surface area contributed by atoms with Gasteiger partial charge in [0.15, 0.2) is 11.5 Å². The summed E-state index contributed by atoms with van der Waals surface area (Å²) >= 11 is 6.24. The Kier molecular flexibility index (Phi) is 7.83. The van der Waals surface area contributed by atoms with Crippen molar-refractivity contribution in [1.82, 2.24) is 4.98 Å². The molecule has 164 valence electrons. The van der Waals surface area contributed by atoms with Gasteiger partial charge in [0.05, 0.1) is 18.7 Å². The van der Waals surface area contributed by atoms with E-state index in [0.717, 1.165) is 0 Å². The highest BCUT2D eigenvalue weighted by molar-refractivity contribution is 6.32. The van der Waals surface area contributed by atoms with Crippen molar-refractivity contribution in [2.45, 2.75) is 6.92 Å². The largest absolute Gasteiger partial charge is 0.491 e. The smallest absolute Gasteiger partial charge is 0.255 e. The van der Waals surface area contributed by atoms with Crippen LogP contribution in [0, 0.1) is 0 Å².